The first kappa shape index (κ1) is 9.19. The van der Waals surface area contributed by atoms with Crippen LogP contribution in [0.25, 0.3) is 10.1 Å². The minimum atomic E-state index is 0.310. The van der Waals surface area contributed by atoms with Gasteiger partial charge >= 0.3 is 0 Å². The second kappa shape index (κ2) is 3.40. The molecular formula is C9H7ClOS2. The summed E-state index contributed by atoms with van der Waals surface area (Å²) in [6, 6.07) is 3.84. The number of hydrogen-bond acceptors (Lipinski definition) is 3. The Bertz CT molecular complexity index is 450. The Labute approximate surface area is 89.3 Å². The molecule has 68 valence electrons. The number of fused-ring (bicyclic) bond motifs is 1. The van der Waals surface area contributed by atoms with Gasteiger partial charge in [0.05, 0.1) is 14.6 Å². The molecule has 1 aromatic heterocycles. The van der Waals surface area contributed by atoms with E-state index in [1.54, 1.807) is 0 Å². The van der Waals surface area contributed by atoms with Crippen LogP contribution in [-0.4, -0.2) is 11.4 Å². The minimum absolute atomic E-state index is 0.310. The largest absolute Gasteiger partial charge is 0.505 e. The van der Waals surface area contributed by atoms with Crippen LogP contribution in [0, 0.1) is 0 Å². The summed E-state index contributed by atoms with van der Waals surface area (Å²) in [5.74, 6) is 0.310. The lowest BCUT2D eigenvalue weighted by Gasteiger charge is -2.04. The van der Waals surface area contributed by atoms with Gasteiger partial charge in [-0.2, -0.15) is 0 Å². The van der Waals surface area contributed by atoms with Crippen LogP contribution in [0.4, 0.5) is 0 Å². The summed E-state index contributed by atoms with van der Waals surface area (Å²) in [5.41, 5.74) is 0. The van der Waals surface area contributed by atoms with E-state index in [0.29, 0.717) is 10.8 Å². The maximum absolute atomic E-state index is 9.82. The molecule has 1 aromatic carbocycles. The Hall–Kier alpha value is -0.380. The molecule has 0 spiro atoms. The molecule has 1 heterocycles. The zero-order valence-electron chi connectivity index (χ0n) is 6.87. The van der Waals surface area contributed by atoms with Crippen LogP contribution in [0.15, 0.2) is 22.4 Å². The predicted molar refractivity (Wildman–Crippen MR) is 60.3 cm³/mol. The lowest BCUT2D eigenvalue weighted by Crippen LogP contribution is -1.75. The van der Waals surface area contributed by atoms with Crippen LogP contribution in [0.2, 0.25) is 5.02 Å². The first-order valence-corrected chi connectivity index (χ1v) is 6.15. The molecule has 0 aliphatic carbocycles. The lowest BCUT2D eigenvalue weighted by molar-refractivity contribution is 0.470. The summed E-state index contributed by atoms with van der Waals surface area (Å²) in [6.45, 7) is 0. The molecule has 0 aliphatic heterocycles. The van der Waals surface area contributed by atoms with E-state index in [-0.39, 0.29) is 0 Å². The number of aromatic hydroxyl groups is 1. The summed E-state index contributed by atoms with van der Waals surface area (Å²) in [4.78, 5) is 0.761. The van der Waals surface area contributed by atoms with E-state index in [9.17, 15) is 5.11 Å². The van der Waals surface area contributed by atoms with Crippen molar-refractivity contribution in [3.05, 3.63) is 22.5 Å². The van der Waals surface area contributed by atoms with Crippen molar-refractivity contribution in [2.24, 2.45) is 0 Å². The Morgan fingerprint density at radius 1 is 1.54 bits per heavy atom. The molecule has 1 N–H and O–H groups in total. The molecule has 0 amide bonds. The van der Waals surface area contributed by atoms with E-state index in [2.05, 4.69) is 0 Å². The van der Waals surface area contributed by atoms with E-state index < -0.39 is 0 Å². The van der Waals surface area contributed by atoms with Crippen LogP contribution in [0.3, 0.4) is 0 Å². The number of hydrogen-bond donors (Lipinski definition) is 1. The molecule has 0 unspecified atom stereocenters. The van der Waals surface area contributed by atoms with Crippen molar-refractivity contribution in [3.8, 4) is 5.75 Å². The lowest BCUT2D eigenvalue weighted by atomic mass is 10.2. The smallest absolute Gasteiger partial charge is 0.148 e. The molecule has 0 aliphatic rings. The van der Waals surface area contributed by atoms with Crippen molar-refractivity contribution in [2.45, 2.75) is 4.90 Å². The monoisotopic (exact) mass is 230 g/mol. The summed E-state index contributed by atoms with van der Waals surface area (Å²) in [6.07, 6.45) is 1.90. The zero-order chi connectivity index (χ0) is 9.42. The molecule has 13 heavy (non-hydrogen) atoms. The van der Waals surface area contributed by atoms with Gasteiger partial charge in [0, 0.05) is 0 Å². The molecule has 0 atom stereocenters. The van der Waals surface area contributed by atoms with Crippen molar-refractivity contribution in [2.75, 3.05) is 6.26 Å². The number of rotatable bonds is 1. The fourth-order valence-electron chi connectivity index (χ4n) is 1.24. The number of phenols is 1. The molecule has 2 aromatic rings. The molecule has 1 nitrogen and oxygen atoms in total. The highest BCUT2D eigenvalue weighted by Crippen LogP contribution is 2.42. The Morgan fingerprint density at radius 2 is 2.31 bits per heavy atom. The Kier molecular flexibility index (Phi) is 2.41. The zero-order valence-corrected chi connectivity index (χ0v) is 9.26. The van der Waals surface area contributed by atoms with E-state index in [4.69, 9.17) is 11.6 Å². The number of thiophene rings is 1. The topological polar surface area (TPSA) is 20.2 Å². The molecule has 0 fully saturated rings. The molecule has 4 heteroatoms. The van der Waals surface area contributed by atoms with Gasteiger partial charge in [-0.25, -0.2) is 0 Å². The summed E-state index contributed by atoms with van der Waals surface area (Å²) in [5, 5.41) is 13.4. The highest BCUT2D eigenvalue weighted by molar-refractivity contribution is 7.98. The second-order valence-electron chi connectivity index (χ2n) is 2.58. The third-order valence-electron chi connectivity index (χ3n) is 1.83. The van der Waals surface area contributed by atoms with Gasteiger partial charge in [-0.3, -0.25) is 0 Å². The highest BCUT2D eigenvalue weighted by atomic mass is 35.5. The van der Waals surface area contributed by atoms with Gasteiger partial charge in [-0.1, -0.05) is 11.6 Å². The van der Waals surface area contributed by atoms with Gasteiger partial charge in [-0.15, -0.1) is 23.1 Å². The second-order valence-corrected chi connectivity index (χ2v) is 4.72. The van der Waals surface area contributed by atoms with Crippen LogP contribution in [0.5, 0.6) is 5.75 Å². The third kappa shape index (κ3) is 1.41. The molecule has 0 saturated heterocycles. The predicted octanol–water partition coefficient (Wildman–Crippen LogP) is 3.98. The number of halogens is 1. The van der Waals surface area contributed by atoms with Crippen molar-refractivity contribution >= 4 is 44.8 Å². The van der Waals surface area contributed by atoms with Crippen LogP contribution in [0.1, 0.15) is 0 Å². The van der Waals surface area contributed by atoms with Crippen molar-refractivity contribution in [1.82, 2.24) is 0 Å². The summed E-state index contributed by atoms with van der Waals surface area (Å²) in [7, 11) is 0. The van der Waals surface area contributed by atoms with Gasteiger partial charge < -0.3 is 5.11 Å². The molecular weight excluding hydrogens is 224 g/mol. The normalized spacial score (nSPS) is 10.9. The fraction of sp³-hybridized carbons (Fsp3) is 0.111. The van der Waals surface area contributed by atoms with Crippen LogP contribution < -0.4 is 0 Å². The van der Waals surface area contributed by atoms with E-state index >= 15 is 0 Å². The maximum Gasteiger partial charge on any atom is 0.148 e. The average Bonchev–Trinajstić information content (AvgIpc) is 2.53. The van der Waals surface area contributed by atoms with E-state index in [0.717, 1.165) is 15.0 Å². The third-order valence-corrected chi connectivity index (χ3v) is 4.00. The van der Waals surface area contributed by atoms with Crippen molar-refractivity contribution < 1.29 is 5.11 Å². The number of phenolic OH excluding ortho intramolecular Hbond substituents is 1. The average molecular weight is 231 g/mol. The molecule has 0 radical (unpaired) electrons. The molecule has 2 rings (SSSR count). The molecule has 0 bridgehead atoms. The number of benzene rings is 1. The standard InChI is InChI=1S/C9H7ClOS2/c1-12-9-6(10)4-5-2-3-13-8(5)7(9)11/h2-4,11H,1H3. The summed E-state index contributed by atoms with van der Waals surface area (Å²) < 4.78 is 0.911. The van der Waals surface area contributed by atoms with E-state index in [1.807, 2.05) is 23.8 Å². The SMILES string of the molecule is CSc1c(Cl)cc2ccsc2c1O. The maximum atomic E-state index is 9.82. The van der Waals surface area contributed by atoms with Gasteiger partial charge in [0.15, 0.2) is 0 Å². The van der Waals surface area contributed by atoms with Gasteiger partial charge in [0.1, 0.15) is 5.75 Å². The fourth-order valence-corrected chi connectivity index (χ4v) is 3.12. The molecule has 0 saturated carbocycles. The van der Waals surface area contributed by atoms with Gasteiger partial charge in [0.25, 0.3) is 0 Å². The van der Waals surface area contributed by atoms with Crippen LogP contribution in [-0.2, 0) is 0 Å². The Morgan fingerprint density at radius 3 is 3.00 bits per heavy atom. The van der Waals surface area contributed by atoms with E-state index in [1.165, 1.54) is 23.1 Å². The van der Waals surface area contributed by atoms with Gasteiger partial charge in [-0.05, 0) is 29.2 Å². The number of thioether (sulfide) groups is 1. The van der Waals surface area contributed by atoms with Gasteiger partial charge in [0.2, 0.25) is 0 Å². The van der Waals surface area contributed by atoms with Crippen molar-refractivity contribution in [1.29, 1.82) is 0 Å². The van der Waals surface area contributed by atoms with Crippen molar-refractivity contribution in [3.63, 3.8) is 0 Å². The first-order valence-electron chi connectivity index (χ1n) is 3.66. The minimum Gasteiger partial charge on any atom is -0.505 e. The Balaban J connectivity index is 2.85. The first-order chi connectivity index (χ1) is 6.24. The summed E-state index contributed by atoms with van der Waals surface area (Å²) >= 11 is 8.98. The van der Waals surface area contributed by atoms with Crippen LogP contribution >= 0.6 is 34.7 Å². The highest BCUT2D eigenvalue weighted by Gasteiger charge is 2.11. The quantitative estimate of drug-likeness (QED) is 0.748.